The van der Waals surface area contributed by atoms with Crippen molar-refractivity contribution in [3.05, 3.63) is 0 Å². The number of amides is 1. The summed E-state index contributed by atoms with van der Waals surface area (Å²) in [7, 11) is 3.30. The molecule has 0 aliphatic carbocycles. The molecule has 0 spiro atoms. The van der Waals surface area contributed by atoms with Crippen molar-refractivity contribution in [3.8, 4) is 0 Å². The van der Waals surface area contributed by atoms with E-state index in [1.165, 1.54) is 0 Å². The second kappa shape index (κ2) is 10.3. The Morgan fingerprint density at radius 1 is 1.17 bits per heavy atom. The van der Waals surface area contributed by atoms with Gasteiger partial charge in [-0.15, -0.1) is 0 Å². The minimum atomic E-state index is -0.0787. The first-order chi connectivity index (χ1) is 8.52. The van der Waals surface area contributed by atoms with Gasteiger partial charge < -0.3 is 20.1 Å². The molecule has 1 unspecified atom stereocenters. The average molecular weight is 260 g/mol. The van der Waals surface area contributed by atoms with Crippen LogP contribution in [0.25, 0.3) is 0 Å². The van der Waals surface area contributed by atoms with E-state index in [0.717, 1.165) is 6.42 Å². The molecule has 0 radical (unpaired) electrons. The van der Waals surface area contributed by atoms with Crippen LogP contribution in [0.2, 0.25) is 0 Å². The fourth-order valence-corrected chi connectivity index (χ4v) is 1.53. The lowest BCUT2D eigenvalue weighted by atomic mass is 10.0. The topological polar surface area (TPSA) is 64.8 Å². The van der Waals surface area contributed by atoms with Gasteiger partial charge in [-0.2, -0.15) is 0 Å². The molecule has 5 nitrogen and oxygen atoms in total. The molecule has 0 heterocycles. The quantitative estimate of drug-likeness (QED) is 0.592. The molecule has 0 fully saturated rings. The van der Waals surface area contributed by atoms with E-state index in [-0.39, 0.29) is 11.9 Å². The van der Waals surface area contributed by atoms with Crippen LogP contribution in [0.4, 0.5) is 0 Å². The molecule has 0 rings (SSSR count). The van der Waals surface area contributed by atoms with Gasteiger partial charge in [-0.25, -0.2) is 0 Å². The molecule has 0 saturated heterocycles. The molecule has 108 valence electrons. The predicted molar refractivity (Wildman–Crippen MR) is 72.4 cm³/mol. The van der Waals surface area contributed by atoms with Crippen LogP contribution in [0.5, 0.6) is 0 Å². The lowest BCUT2D eigenvalue weighted by Gasteiger charge is -2.25. The summed E-state index contributed by atoms with van der Waals surface area (Å²) in [4.78, 5) is 13.9. The maximum Gasteiger partial charge on any atom is 0.224 e. The van der Waals surface area contributed by atoms with E-state index < -0.39 is 0 Å². The van der Waals surface area contributed by atoms with Gasteiger partial charge in [0, 0.05) is 46.4 Å². The fraction of sp³-hybridized carbons (Fsp3) is 0.923. The summed E-state index contributed by atoms with van der Waals surface area (Å²) < 4.78 is 10.0. The van der Waals surface area contributed by atoms with E-state index in [0.29, 0.717) is 38.6 Å². The number of rotatable bonds is 10. The summed E-state index contributed by atoms with van der Waals surface area (Å²) in [6, 6.07) is -0.0787. The summed E-state index contributed by atoms with van der Waals surface area (Å²) in [5.41, 5.74) is 5.94. The minimum absolute atomic E-state index is 0.0787. The molecule has 5 heteroatoms. The fourth-order valence-electron chi connectivity index (χ4n) is 1.53. The van der Waals surface area contributed by atoms with Gasteiger partial charge in [-0.3, -0.25) is 4.79 Å². The number of nitrogens with two attached hydrogens (primary N) is 1. The molecule has 0 aliphatic rings. The van der Waals surface area contributed by atoms with Crippen molar-refractivity contribution in [1.82, 2.24) is 4.90 Å². The van der Waals surface area contributed by atoms with Crippen LogP contribution in [0.3, 0.4) is 0 Å². The Morgan fingerprint density at radius 3 is 2.28 bits per heavy atom. The van der Waals surface area contributed by atoms with Gasteiger partial charge in [0.25, 0.3) is 0 Å². The van der Waals surface area contributed by atoms with Crippen molar-refractivity contribution in [2.45, 2.75) is 32.7 Å². The van der Waals surface area contributed by atoms with Gasteiger partial charge in [-0.1, -0.05) is 13.8 Å². The summed E-state index contributed by atoms with van der Waals surface area (Å²) in [5.74, 6) is 0.418. The third kappa shape index (κ3) is 7.63. The first-order valence-corrected chi connectivity index (χ1v) is 6.54. The number of hydrogen-bond acceptors (Lipinski definition) is 4. The van der Waals surface area contributed by atoms with Crippen molar-refractivity contribution in [1.29, 1.82) is 0 Å². The lowest BCUT2D eigenvalue weighted by Crippen LogP contribution is -2.40. The van der Waals surface area contributed by atoms with Crippen LogP contribution in [-0.2, 0) is 14.3 Å². The van der Waals surface area contributed by atoms with E-state index in [1.807, 2.05) is 18.7 Å². The Bertz CT molecular complexity index is 222. The van der Waals surface area contributed by atoms with E-state index >= 15 is 0 Å². The first-order valence-electron chi connectivity index (χ1n) is 6.54. The van der Waals surface area contributed by atoms with E-state index in [1.54, 1.807) is 14.2 Å². The second-order valence-corrected chi connectivity index (χ2v) is 4.83. The zero-order valence-electron chi connectivity index (χ0n) is 12.1. The molecule has 0 saturated carbocycles. The Kier molecular flexibility index (Phi) is 9.92. The Labute approximate surface area is 111 Å². The van der Waals surface area contributed by atoms with E-state index in [2.05, 4.69) is 0 Å². The smallest absolute Gasteiger partial charge is 0.224 e. The highest BCUT2D eigenvalue weighted by Crippen LogP contribution is 2.06. The van der Waals surface area contributed by atoms with Crippen LogP contribution in [0.1, 0.15) is 26.7 Å². The van der Waals surface area contributed by atoms with Crippen LogP contribution in [0, 0.1) is 5.92 Å². The minimum Gasteiger partial charge on any atom is -0.385 e. The number of hydrogen-bond donors (Lipinski definition) is 1. The zero-order valence-corrected chi connectivity index (χ0v) is 12.1. The summed E-state index contributed by atoms with van der Waals surface area (Å²) in [5, 5.41) is 0. The first kappa shape index (κ1) is 17.4. The second-order valence-electron chi connectivity index (χ2n) is 4.83. The van der Waals surface area contributed by atoms with Crippen LogP contribution < -0.4 is 5.73 Å². The normalized spacial score (nSPS) is 12.8. The molecular formula is C13H28N2O3. The Balaban J connectivity index is 4.20. The lowest BCUT2D eigenvalue weighted by molar-refractivity contribution is -0.132. The molecule has 1 atom stereocenters. The maximum absolute atomic E-state index is 12.1. The van der Waals surface area contributed by atoms with Crippen molar-refractivity contribution in [2.75, 3.05) is 40.5 Å². The number of nitrogens with zero attached hydrogens (tertiary/aromatic N) is 1. The number of ether oxygens (including phenoxy) is 2. The van der Waals surface area contributed by atoms with Crippen molar-refractivity contribution < 1.29 is 14.3 Å². The van der Waals surface area contributed by atoms with Gasteiger partial charge in [-0.05, 0) is 12.3 Å². The van der Waals surface area contributed by atoms with E-state index in [4.69, 9.17) is 15.2 Å². The number of methoxy groups -OCH3 is 2. The highest BCUT2D eigenvalue weighted by atomic mass is 16.5. The van der Waals surface area contributed by atoms with Crippen molar-refractivity contribution in [2.24, 2.45) is 11.7 Å². The van der Waals surface area contributed by atoms with E-state index in [9.17, 15) is 4.79 Å². The molecule has 0 bridgehead atoms. The van der Waals surface area contributed by atoms with Crippen LogP contribution >= 0.6 is 0 Å². The van der Waals surface area contributed by atoms with Crippen molar-refractivity contribution in [3.63, 3.8) is 0 Å². The molecule has 1 amide bonds. The van der Waals surface area contributed by atoms with Crippen LogP contribution in [0.15, 0.2) is 0 Å². The SMILES string of the molecule is COCCCN(CCOC)C(=O)CC(N)C(C)C. The van der Waals surface area contributed by atoms with Crippen molar-refractivity contribution >= 4 is 5.91 Å². The number of carbonyl (C=O) groups is 1. The number of carbonyl (C=O) groups excluding carboxylic acids is 1. The van der Waals surface area contributed by atoms with Gasteiger partial charge in [0.05, 0.1) is 6.61 Å². The molecule has 0 aromatic heterocycles. The third-order valence-electron chi connectivity index (χ3n) is 2.96. The molecule has 0 aromatic carbocycles. The Morgan fingerprint density at radius 2 is 1.78 bits per heavy atom. The Hall–Kier alpha value is -0.650. The summed E-state index contributed by atoms with van der Waals surface area (Å²) >= 11 is 0. The highest BCUT2D eigenvalue weighted by molar-refractivity contribution is 5.76. The summed E-state index contributed by atoms with van der Waals surface area (Å²) in [6.07, 6.45) is 1.23. The highest BCUT2D eigenvalue weighted by Gasteiger charge is 2.18. The zero-order chi connectivity index (χ0) is 14.0. The van der Waals surface area contributed by atoms with Gasteiger partial charge in [0.1, 0.15) is 0 Å². The molecular weight excluding hydrogens is 232 g/mol. The monoisotopic (exact) mass is 260 g/mol. The molecule has 0 aliphatic heterocycles. The van der Waals surface area contributed by atoms with Gasteiger partial charge >= 0.3 is 0 Å². The van der Waals surface area contributed by atoms with Crippen LogP contribution in [-0.4, -0.2) is 57.4 Å². The van der Waals surface area contributed by atoms with Gasteiger partial charge in [0.2, 0.25) is 5.91 Å². The summed E-state index contributed by atoms with van der Waals surface area (Å²) in [6.45, 7) is 6.58. The largest absolute Gasteiger partial charge is 0.385 e. The third-order valence-corrected chi connectivity index (χ3v) is 2.96. The molecule has 0 aromatic rings. The molecule has 18 heavy (non-hydrogen) atoms. The maximum atomic E-state index is 12.1. The molecule has 2 N–H and O–H groups in total. The standard InChI is InChI=1S/C13H28N2O3/c1-11(2)12(14)10-13(16)15(7-9-18-4)6-5-8-17-3/h11-12H,5-10,14H2,1-4H3. The average Bonchev–Trinajstić information content (AvgIpc) is 2.33. The van der Waals surface area contributed by atoms with Gasteiger partial charge in [0.15, 0.2) is 0 Å². The predicted octanol–water partition coefficient (Wildman–Crippen LogP) is 0.871.